The van der Waals surface area contributed by atoms with E-state index in [1.165, 1.54) is 10.4 Å². The minimum Gasteiger partial charge on any atom is -0.497 e. The highest BCUT2D eigenvalue weighted by atomic mass is 32.1. The predicted octanol–water partition coefficient (Wildman–Crippen LogP) is 5.58. The lowest BCUT2D eigenvalue weighted by Gasteiger charge is -2.18. The van der Waals surface area contributed by atoms with Gasteiger partial charge < -0.3 is 19.5 Å². The minimum absolute atomic E-state index is 0.610. The number of methoxy groups -OCH3 is 3. The number of thiophene rings is 1. The van der Waals surface area contributed by atoms with Crippen LogP contribution < -0.4 is 19.5 Å². The Labute approximate surface area is 210 Å². The number of anilines is 1. The highest BCUT2D eigenvalue weighted by Crippen LogP contribution is 2.34. The molecule has 0 radical (unpaired) electrons. The van der Waals surface area contributed by atoms with E-state index < -0.39 is 0 Å². The molecule has 0 bridgehead atoms. The Morgan fingerprint density at radius 1 is 0.857 bits per heavy atom. The molecule has 0 aliphatic carbocycles. The van der Waals surface area contributed by atoms with Crippen LogP contribution in [0.5, 0.6) is 17.2 Å². The summed E-state index contributed by atoms with van der Waals surface area (Å²) in [6, 6.07) is 14.0. The van der Waals surface area contributed by atoms with Crippen LogP contribution in [0.4, 0.5) is 5.82 Å². The van der Waals surface area contributed by atoms with Crippen molar-refractivity contribution in [2.45, 2.75) is 33.5 Å². The largest absolute Gasteiger partial charge is 0.497 e. The van der Waals surface area contributed by atoms with E-state index in [-0.39, 0.29) is 0 Å². The second-order valence-corrected chi connectivity index (χ2v) is 9.75. The number of nitrogens with zero attached hydrogens (tertiary/aromatic N) is 3. The molecule has 35 heavy (non-hydrogen) atoms. The van der Waals surface area contributed by atoms with Gasteiger partial charge in [-0.2, -0.15) is 0 Å². The summed E-state index contributed by atoms with van der Waals surface area (Å²) in [5.41, 5.74) is 3.46. The third-order valence-electron chi connectivity index (χ3n) is 5.94. The second-order valence-electron chi connectivity index (χ2n) is 8.55. The van der Waals surface area contributed by atoms with Gasteiger partial charge in [0.1, 0.15) is 33.7 Å². The smallest absolute Gasteiger partial charge is 0.146 e. The van der Waals surface area contributed by atoms with E-state index in [2.05, 4.69) is 37.2 Å². The lowest BCUT2D eigenvalue weighted by Crippen LogP contribution is -2.19. The Bertz CT molecular complexity index is 1300. The number of fused-ring (bicyclic) bond motifs is 1. The van der Waals surface area contributed by atoms with Crippen molar-refractivity contribution in [1.29, 1.82) is 0 Å². The van der Waals surface area contributed by atoms with E-state index in [0.29, 0.717) is 19.6 Å². The number of hydrogen-bond acceptors (Lipinski definition) is 8. The zero-order chi connectivity index (χ0) is 24.9. The molecule has 2 aromatic carbocycles. The molecule has 0 aliphatic heterocycles. The molecule has 0 fully saturated rings. The normalized spacial score (nSPS) is 11.2. The average Bonchev–Trinajstić information content (AvgIpc) is 3.15. The van der Waals surface area contributed by atoms with Gasteiger partial charge >= 0.3 is 0 Å². The van der Waals surface area contributed by atoms with Gasteiger partial charge in [0.2, 0.25) is 0 Å². The summed E-state index contributed by atoms with van der Waals surface area (Å²) in [5.74, 6) is 4.05. The monoisotopic (exact) mass is 492 g/mol. The van der Waals surface area contributed by atoms with Crippen molar-refractivity contribution in [3.05, 3.63) is 69.9 Å². The molecule has 1 N–H and O–H groups in total. The van der Waals surface area contributed by atoms with E-state index in [1.54, 1.807) is 32.7 Å². The van der Waals surface area contributed by atoms with Gasteiger partial charge in [0.05, 0.1) is 33.3 Å². The molecular weight excluding hydrogens is 460 g/mol. The maximum atomic E-state index is 5.41. The zero-order valence-corrected chi connectivity index (χ0v) is 22.0. The van der Waals surface area contributed by atoms with Gasteiger partial charge in [-0.25, -0.2) is 9.97 Å². The molecule has 0 aliphatic rings. The molecule has 0 amide bonds. The topological polar surface area (TPSA) is 68.7 Å². The first kappa shape index (κ1) is 24.8. The predicted molar refractivity (Wildman–Crippen MR) is 142 cm³/mol. The molecular formula is C27H32N4O3S. The lowest BCUT2D eigenvalue weighted by atomic mass is 10.2. The molecule has 8 heteroatoms. The van der Waals surface area contributed by atoms with Crippen molar-refractivity contribution in [3.8, 4) is 17.2 Å². The van der Waals surface area contributed by atoms with Crippen LogP contribution in [-0.4, -0.2) is 43.2 Å². The fourth-order valence-electron chi connectivity index (χ4n) is 4.03. The third kappa shape index (κ3) is 5.83. The Morgan fingerprint density at radius 3 is 2.23 bits per heavy atom. The van der Waals surface area contributed by atoms with Crippen LogP contribution in [0.3, 0.4) is 0 Å². The van der Waals surface area contributed by atoms with E-state index in [4.69, 9.17) is 24.2 Å². The Balaban J connectivity index is 1.57. The molecule has 0 saturated heterocycles. The van der Waals surface area contributed by atoms with Crippen LogP contribution in [0.15, 0.2) is 42.5 Å². The summed E-state index contributed by atoms with van der Waals surface area (Å²) in [6.07, 6.45) is 0. The van der Waals surface area contributed by atoms with Crippen LogP contribution >= 0.6 is 11.3 Å². The first-order chi connectivity index (χ1) is 16.9. The van der Waals surface area contributed by atoms with Crippen molar-refractivity contribution in [2.75, 3.05) is 33.7 Å². The van der Waals surface area contributed by atoms with Crippen molar-refractivity contribution < 1.29 is 14.2 Å². The van der Waals surface area contributed by atoms with Gasteiger partial charge in [-0.1, -0.05) is 12.1 Å². The number of rotatable bonds is 10. The molecule has 0 spiro atoms. The molecule has 184 valence electrons. The van der Waals surface area contributed by atoms with Crippen LogP contribution in [0.25, 0.3) is 10.2 Å². The number of hydrogen-bond donors (Lipinski definition) is 1. The Morgan fingerprint density at radius 2 is 1.54 bits per heavy atom. The van der Waals surface area contributed by atoms with Gasteiger partial charge in [-0.3, -0.25) is 4.90 Å². The quantitative estimate of drug-likeness (QED) is 0.310. The Kier molecular flexibility index (Phi) is 7.73. The first-order valence-electron chi connectivity index (χ1n) is 11.4. The van der Waals surface area contributed by atoms with Crippen molar-refractivity contribution in [3.63, 3.8) is 0 Å². The zero-order valence-electron chi connectivity index (χ0n) is 21.1. The van der Waals surface area contributed by atoms with Crippen LogP contribution in [-0.2, 0) is 19.6 Å². The van der Waals surface area contributed by atoms with Crippen LogP contribution in [0.1, 0.15) is 27.4 Å². The molecule has 4 rings (SSSR count). The number of ether oxygens (including phenoxy) is 3. The second kappa shape index (κ2) is 10.9. The average molecular weight is 493 g/mol. The Hall–Kier alpha value is -3.36. The standard InChI is InChI=1S/C27H32N4O3S/c1-17-18(2)35-27-25(17)26(28-14-19-8-7-9-21(10-19)32-4)29-24(30-27)16-31(3)15-20-11-22(33-5)13-23(12-20)34-6/h7-13H,14-16H2,1-6H3,(H,28,29,30). The van der Waals surface area contributed by atoms with E-state index in [1.807, 2.05) is 36.4 Å². The molecule has 4 aromatic rings. The summed E-state index contributed by atoms with van der Waals surface area (Å²) in [5, 5.41) is 4.65. The molecule has 7 nitrogen and oxygen atoms in total. The first-order valence-corrected chi connectivity index (χ1v) is 12.3. The summed E-state index contributed by atoms with van der Waals surface area (Å²) in [7, 11) is 7.07. The fraction of sp³-hybridized carbons (Fsp3) is 0.333. The summed E-state index contributed by atoms with van der Waals surface area (Å²) >= 11 is 1.71. The van der Waals surface area contributed by atoms with Gasteiger partial charge in [0, 0.05) is 24.0 Å². The van der Waals surface area contributed by atoms with Crippen molar-refractivity contribution >= 4 is 27.4 Å². The maximum Gasteiger partial charge on any atom is 0.146 e. The molecule has 0 saturated carbocycles. The SMILES string of the molecule is COc1cccc(CNc2nc(CN(C)Cc3cc(OC)cc(OC)c3)nc3sc(C)c(C)c23)c1. The number of nitrogens with one attached hydrogen (secondary N) is 1. The van der Waals surface area contributed by atoms with Crippen LogP contribution in [0, 0.1) is 13.8 Å². The number of aryl methyl sites for hydroxylation is 2. The highest BCUT2D eigenvalue weighted by molar-refractivity contribution is 7.18. The van der Waals surface area contributed by atoms with Crippen molar-refractivity contribution in [1.82, 2.24) is 14.9 Å². The number of aromatic nitrogens is 2. The minimum atomic E-state index is 0.610. The molecule has 0 unspecified atom stereocenters. The third-order valence-corrected chi connectivity index (χ3v) is 7.05. The number of benzene rings is 2. The van der Waals surface area contributed by atoms with E-state index in [0.717, 1.165) is 50.2 Å². The highest BCUT2D eigenvalue weighted by Gasteiger charge is 2.16. The van der Waals surface area contributed by atoms with Gasteiger partial charge in [-0.15, -0.1) is 11.3 Å². The molecule has 2 aromatic heterocycles. The van der Waals surface area contributed by atoms with Gasteiger partial charge in [-0.05, 0) is 61.9 Å². The summed E-state index contributed by atoms with van der Waals surface area (Å²) in [4.78, 5) is 14.3. The molecule has 2 heterocycles. The van der Waals surface area contributed by atoms with E-state index >= 15 is 0 Å². The van der Waals surface area contributed by atoms with E-state index in [9.17, 15) is 0 Å². The van der Waals surface area contributed by atoms with Gasteiger partial charge in [0.15, 0.2) is 0 Å². The molecule has 0 atom stereocenters. The lowest BCUT2D eigenvalue weighted by molar-refractivity contribution is 0.309. The maximum absolute atomic E-state index is 5.41. The summed E-state index contributed by atoms with van der Waals surface area (Å²) < 4.78 is 16.2. The van der Waals surface area contributed by atoms with Crippen LogP contribution in [0.2, 0.25) is 0 Å². The van der Waals surface area contributed by atoms with Gasteiger partial charge in [0.25, 0.3) is 0 Å². The summed E-state index contributed by atoms with van der Waals surface area (Å²) in [6.45, 7) is 6.24. The van der Waals surface area contributed by atoms with Crippen molar-refractivity contribution in [2.24, 2.45) is 0 Å². The fourth-order valence-corrected chi connectivity index (χ4v) is 5.08.